The zero-order valence-corrected chi connectivity index (χ0v) is 19.6. The van der Waals surface area contributed by atoms with Crippen molar-refractivity contribution in [3.05, 3.63) is 58.4 Å². The number of nitrogens with zero attached hydrogens (tertiary/aromatic N) is 2. The van der Waals surface area contributed by atoms with Gasteiger partial charge in [-0.2, -0.15) is 0 Å². The Morgan fingerprint density at radius 1 is 1.03 bits per heavy atom. The van der Waals surface area contributed by atoms with Crippen LogP contribution in [0.3, 0.4) is 0 Å². The summed E-state index contributed by atoms with van der Waals surface area (Å²) in [6.07, 6.45) is 5.65. The molecule has 176 valence electrons. The first-order valence-corrected chi connectivity index (χ1v) is 11.9. The molecule has 2 heterocycles. The molecule has 2 aliphatic rings. The van der Waals surface area contributed by atoms with Crippen molar-refractivity contribution in [2.24, 2.45) is 0 Å². The van der Waals surface area contributed by atoms with Crippen molar-refractivity contribution >= 4 is 34.8 Å². The average molecular weight is 473 g/mol. The fraction of sp³-hybridized carbons (Fsp3) is 0.440. The summed E-state index contributed by atoms with van der Waals surface area (Å²) in [5.41, 5.74) is 4.04. The van der Waals surface area contributed by atoms with Crippen molar-refractivity contribution in [1.82, 2.24) is 10.2 Å². The van der Waals surface area contributed by atoms with Crippen LogP contribution < -0.4 is 15.5 Å². The van der Waals surface area contributed by atoms with Gasteiger partial charge in [-0.05, 0) is 74.2 Å². The molecule has 0 radical (unpaired) electrons. The molecule has 2 amide bonds. The van der Waals surface area contributed by atoms with Gasteiger partial charge in [-0.3, -0.25) is 14.5 Å². The Hall–Kier alpha value is -2.64. The monoisotopic (exact) mass is 472 g/mol. The molecule has 0 aliphatic carbocycles. The number of hydrogen-bond acceptors (Lipinski definition) is 4. The number of nitrogens with one attached hydrogen (secondary N) is 2. The van der Waals surface area contributed by atoms with Crippen molar-refractivity contribution < 1.29 is 14.0 Å². The average Bonchev–Trinajstić information content (AvgIpc) is 2.82. The first kappa shape index (κ1) is 23.5. The Kier molecular flexibility index (Phi) is 7.50. The number of halogens is 2. The van der Waals surface area contributed by atoms with E-state index in [4.69, 9.17) is 11.6 Å². The third-order valence-electron chi connectivity index (χ3n) is 6.51. The van der Waals surface area contributed by atoms with Crippen LogP contribution in [0.15, 0.2) is 36.4 Å². The number of aryl methyl sites for hydroxylation is 1. The van der Waals surface area contributed by atoms with E-state index in [1.165, 1.54) is 29.8 Å². The minimum absolute atomic E-state index is 0.000141. The molecule has 1 saturated heterocycles. The quantitative estimate of drug-likeness (QED) is 0.642. The second kappa shape index (κ2) is 10.5. The summed E-state index contributed by atoms with van der Waals surface area (Å²) in [6.45, 7) is 3.34. The summed E-state index contributed by atoms with van der Waals surface area (Å²) in [5, 5.41) is 5.17. The number of likely N-dealkylation sites (tertiary alicyclic amines) is 1. The summed E-state index contributed by atoms with van der Waals surface area (Å²) in [4.78, 5) is 29.6. The van der Waals surface area contributed by atoms with E-state index in [2.05, 4.69) is 45.7 Å². The molecule has 2 aromatic carbocycles. The number of benzene rings is 2. The van der Waals surface area contributed by atoms with Gasteiger partial charge in [-0.1, -0.05) is 30.2 Å². The van der Waals surface area contributed by atoms with E-state index in [0.717, 1.165) is 56.9 Å². The molecule has 1 atom stereocenters. The minimum Gasteiger partial charge on any atom is -0.374 e. The van der Waals surface area contributed by atoms with E-state index in [1.807, 2.05) is 0 Å². The second-order valence-corrected chi connectivity index (χ2v) is 9.23. The van der Waals surface area contributed by atoms with Crippen molar-refractivity contribution in [2.45, 2.75) is 38.1 Å². The van der Waals surface area contributed by atoms with E-state index in [1.54, 1.807) is 0 Å². The van der Waals surface area contributed by atoms with Gasteiger partial charge >= 0.3 is 11.8 Å². The van der Waals surface area contributed by atoms with Crippen molar-refractivity contribution in [2.75, 3.05) is 43.4 Å². The highest BCUT2D eigenvalue weighted by molar-refractivity contribution is 6.39. The third-order valence-corrected chi connectivity index (χ3v) is 6.80. The fourth-order valence-corrected chi connectivity index (χ4v) is 4.91. The van der Waals surface area contributed by atoms with E-state index in [0.29, 0.717) is 6.54 Å². The van der Waals surface area contributed by atoms with Crippen LogP contribution in [-0.2, 0) is 16.0 Å². The molecule has 0 spiro atoms. The number of fused-ring (bicyclic) bond motifs is 1. The van der Waals surface area contributed by atoms with Gasteiger partial charge in [-0.25, -0.2) is 4.39 Å². The van der Waals surface area contributed by atoms with Crippen molar-refractivity contribution in [3.63, 3.8) is 0 Å². The number of carbonyl (C=O) groups excluding carboxylic acids is 2. The predicted molar refractivity (Wildman–Crippen MR) is 129 cm³/mol. The maximum absolute atomic E-state index is 13.3. The third kappa shape index (κ3) is 5.65. The number of anilines is 2. The summed E-state index contributed by atoms with van der Waals surface area (Å²) in [7, 11) is 2.12. The molecule has 0 unspecified atom stereocenters. The summed E-state index contributed by atoms with van der Waals surface area (Å²) >= 11 is 5.76. The lowest BCUT2D eigenvalue weighted by Crippen LogP contribution is -2.43. The lowest BCUT2D eigenvalue weighted by Gasteiger charge is -2.36. The van der Waals surface area contributed by atoms with Gasteiger partial charge in [-0.15, -0.1) is 0 Å². The molecule has 4 rings (SSSR count). The zero-order chi connectivity index (χ0) is 23.4. The van der Waals surface area contributed by atoms with Gasteiger partial charge in [0.1, 0.15) is 5.82 Å². The largest absolute Gasteiger partial charge is 0.374 e. The Morgan fingerprint density at radius 2 is 1.82 bits per heavy atom. The van der Waals surface area contributed by atoms with E-state index < -0.39 is 17.6 Å². The Bertz CT molecular complexity index is 1030. The standard InChI is InChI=1S/C25H30ClFN4O2/c1-30-11-5-6-17-14-18(7-10-22(17)30)23(31-12-3-2-4-13-31)16-28-24(32)25(33)29-19-8-9-21(27)20(26)15-19/h7-10,14-15,23H,2-6,11-13,16H2,1H3,(H,28,32)(H,29,33)/t23-/m1/s1. The minimum atomic E-state index is -0.804. The van der Waals surface area contributed by atoms with Gasteiger partial charge in [0.15, 0.2) is 0 Å². The summed E-state index contributed by atoms with van der Waals surface area (Å²) < 4.78 is 13.3. The molecule has 8 heteroatoms. The van der Waals surface area contributed by atoms with E-state index >= 15 is 0 Å². The molecule has 33 heavy (non-hydrogen) atoms. The Balaban J connectivity index is 1.46. The second-order valence-electron chi connectivity index (χ2n) is 8.82. The first-order chi connectivity index (χ1) is 15.9. The lowest BCUT2D eigenvalue weighted by atomic mass is 9.95. The number of rotatable bonds is 5. The van der Waals surface area contributed by atoms with Crippen molar-refractivity contribution in [1.29, 1.82) is 0 Å². The molecule has 0 bridgehead atoms. The zero-order valence-electron chi connectivity index (χ0n) is 18.9. The molecule has 6 nitrogen and oxygen atoms in total. The highest BCUT2D eigenvalue weighted by Crippen LogP contribution is 2.31. The van der Waals surface area contributed by atoms with Gasteiger partial charge in [0.2, 0.25) is 0 Å². The SMILES string of the molecule is CN1CCCc2cc([C@@H](CNC(=O)C(=O)Nc3ccc(F)c(Cl)c3)N3CCCCC3)ccc21. The van der Waals surface area contributed by atoms with Crippen LogP contribution in [0.4, 0.5) is 15.8 Å². The smallest absolute Gasteiger partial charge is 0.313 e. The lowest BCUT2D eigenvalue weighted by molar-refractivity contribution is -0.136. The van der Waals surface area contributed by atoms with Crippen LogP contribution in [0, 0.1) is 5.82 Å². The number of carbonyl (C=O) groups is 2. The van der Waals surface area contributed by atoms with Gasteiger partial charge < -0.3 is 15.5 Å². The number of hydrogen-bond donors (Lipinski definition) is 2. The molecule has 1 fully saturated rings. The topological polar surface area (TPSA) is 64.7 Å². The van der Waals surface area contributed by atoms with Crippen LogP contribution in [-0.4, -0.2) is 49.9 Å². The molecular formula is C25H30ClFN4O2. The maximum Gasteiger partial charge on any atom is 0.313 e. The molecule has 0 aromatic heterocycles. The van der Waals surface area contributed by atoms with Gasteiger partial charge in [0, 0.05) is 31.5 Å². The van der Waals surface area contributed by atoms with Crippen LogP contribution in [0.5, 0.6) is 0 Å². The summed E-state index contributed by atoms with van der Waals surface area (Å²) in [5.74, 6) is -2.11. The predicted octanol–water partition coefficient (Wildman–Crippen LogP) is 4.14. The molecule has 2 aromatic rings. The maximum atomic E-state index is 13.3. The van der Waals surface area contributed by atoms with Crippen LogP contribution in [0.25, 0.3) is 0 Å². The number of amides is 2. The molecule has 0 saturated carbocycles. The Morgan fingerprint density at radius 3 is 2.58 bits per heavy atom. The Labute approximate surface area is 199 Å². The highest BCUT2D eigenvalue weighted by Gasteiger charge is 2.26. The first-order valence-electron chi connectivity index (χ1n) is 11.5. The number of piperidine rings is 1. The fourth-order valence-electron chi connectivity index (χ4n) is 4.73. The van der Waals surface area contributed by atoms with Crippen LogP contribution in [0.1, 0.15) is 42.9 Å². The van der Waals surface area contributed by atoms with E-state index in [-0.39, 0.29) is 16.8 Å². The van der Waals surface area contributed by atoms with Gasteiger partial charge in [0.25, 0.3) is 0 Å². The molecule has 2 aliphatic heterocycles. The molecule has 2 N–H and O–H groups in total. The van der Waals surface area contributed by atoms with E-state index in [9.17, 15) is 14.0 Å². The molecular weight excluding hydrogens is 443 g/mol. The highest BCUT2D eigenvalue weighted by atomic mass is 35.5. The normalized spacial score (nSPS) is 17.2. The van der Waals surface area contributed by atoms with Crippen LogP contribution >= 0.6 is 11.6 Å². The van der Waals surface area contributed by atoms with Crippen molar-refractivity contribution in [3.8, 4) is 0 Å². The van der Waals surface area contributed by atoms with Crippen LogP contribution in [0.2, 0.25) is 5.02 Å². The van der Waals surface area contributed by atoms with Gasteiger partial charge in [0.05, 0.1) is 11.1 Å². The summed E-state index contributed by atoms with van der Waals surface area (Å²) in [6, 6.07) is 10.4.